The van der Waals surface area contributed by atoms with Gasteiger partial charge in [-0.25, -0.2) is 0 Å². The Bertz CT molecular complexity index is 318. The van der Waals surface area contributed by atoms with Gasteiger partial charge in [0.15, 0.2) is 12.4 Å². The first-order chi connectivity index (χ1) is 9.15. The van der Waals surface area contributed by atoms with Crippen molar-refractivity contribution in [1.82, 2.24) is 0 Å². The van der Waals surface area contributed by atoms with Crippen molar-refractivity contribution in [2.24, 2.45) is 0 Å². The number of hydrogen-bond acceptors (Lipinski definition) is 6. The van der Waals surface area contributed by atoms with Crippen molar-refractivity contribution in [2.75, 3.05) is 13.7 Å². The Kier molecular flexibility index (Phi) is 6.84. The summed E-state index contributed by atoms with van der Waals surface area (Å²) < 4.78 is 15.2. The van der Waals surface area contributed by atoms with Crippen LogP contribution in [0.25, 0.3) is 0 Å². The van der Waals surface area contributed by atoms with E-state index < -0.39 is 37.3 Å². The van der Waals surface area contributed by atoms with Crippen LogP contribution in [0.1, 0.15) is 12.8 Å². The Morgan fingerprint density at radius 1 is 1.37 bits per heavy atom. The summed E-state index contributed by atoms with van der Waals surface area (Å²) in [4.78, 5) is 0. The summed E-state index contributed by atoms with van der Waals surface area (Å²) in [5, 5.41) is 28.9. The monoisotopic (exact) mass is 272 g/mol. The minimum atomic E-state index is -1.18. The van der Waals surface area contributed by atoms with Gasteiger partial charge in [0.2, 0.25) is 0 Å². The molecule has 0 aromatic heterocycles. The molecule has 6 heteroatoms. The van der Waals surface area contributed by atoms with E-state index in [0.29, 0.717) is 6.42 Å². The van der Waals surface area contributed by atoms with Gasteiger partial charge in [0.1, 0.15) is 24.4 Å². The van der Waals surface area contributed by atoms with E-state index in [1.165, 1.54) is 7.11 Å². The van der Waals surface area contributed by atoms with Crippen molar-refractivity contribution in [3.8, 4) is 12.0 Å². The maximum atomic E-state index is 9.91. The molecule has 0 aromatic rings. The van der Waals surface area contributed by atoms with Gasteiger partial charge in [-0.3, -0.25) is 0 Å². The molecule has 0 spiro atoms. The summed E-state index contributed by atoms with van der Waals surface area (Å²) >= 11 is 0. The number of aliphatic hydroxyl groups is 3. The molecule has 0 amide bonds. The topological polar surface area (TPSA) is 88.4 Å². The number of hydrogen-bond donors (Lipinski definition) is 3. The van der Waals surface area contributed by atoms with E-state index >= 15 is 0 Å². The second-order valence-electron chi connectivity index (χ2n) is 4.13. The lowest BCUT2D eigenvalue weighted by Gasteiger charge is -2.39. The van der Waals surface area contributed by atoms with Gasteiger partial charge in [0, 0.05) is 13.5 Å². The summed E-state index contributed by atoms with van der Waals surface area (Å²) in [7, 11) is 1.35. The van der Waals surface area contributed by atoms with Crippen LogP contribution in [0.3, 0.4) is 0 Å². The molecule has 0 saturated carbocycles. The number of rotatable bonds is 5. The molecular formula is C13H20O6. The predicted molar refractivity (Wildman–Crippen MR) is 66.8 cm³/mol. The third-order valence-electron chi connectivity index (χ3n) is 2.79. The molecule has 0 aromatic carbocycles. The summed E-state index contributed by atoms with van der Waals surface area (Å²) in [6.07, 6.45) is 0.261. The Hall–Kier alpha value is -1.10. The highest BCUT2D eigenvalue weighted by molar-refractivity contribution is 4.98. The first-order valence-corrected chi connectivity index (χ1v) is 6.05. The smallest absolute Gasteiger partial charge is 0.187 e. The van der Waals surface area contributed by atoms with Crippen molar-refractivity contribution in [2.45, 2.75) is 43.5 Å². The molecule has 1 saturated heterocycles. The summed E-state index contributed by atoms with van der Waals surface area (Å²) in [5.41, 5.74) is 0. The molecule has 108 valence electrons. The molecule has 1 heterocycles. The van der Waals surface area contributed by atoms with Gasteiger partial charge in [-0.15, -0.1) is 6.58 Å². The van der Waals surface area contributed by atoms with E-state index in [1.54, 1.807) is 6.08 Å². The van der Waals surface area contributed by atoms with Crippen LogP contribution in [-0.2, 0) is 14.2 Å². The summed E-state index contributed by atoms with van der Waals surface area (Å²) in [6.45, 7) is 3.16. The molecule has 0 radical (unpaired) electrons. The van der Waals surface area contributed by atoms with Crippen LogP contribution in [0.2, 0.25) is 0 Å². The van der Waals surface area contributed by atoms with Crippen molar-refractivity contribution in [3.63, 3.8) is 0 Å². The van der Waals surface area contributed by atoms with Crippen LogP contribution in [0, 0.1) is 12.0 Å². The minimum Gasteiger partial charge on any atom is -0.437 e. The number of unbranched alkanes of at least 4 members (excludes halogenated alkanes) is 1. The lowest BCUT2D eigenvalue weighted by molar-refractivity contribution is -0.293. The fourth-order valence-corrected chi connectivity index (χ4v) is 1.72. The quantitative estimate of drug-likeness (QED) is 0.351. The maximum absolute atomic E-state index is 9.91. The van der Waals surface area contributed by atoms with Gasteiger partial charge in [-0.2, -0.15) is 0 Å². The van der Waals surface area contributed by atoms with Gasteiger partial charge >= 0.3 is 0 Å². The highest BCUT2D eigenvalue weighted by Gasteiger charge is 2.46. The molecule has 1 fully saturated rings. The van der Waals surface area contributed by atoms with Crippen LogP contribution in [-0.4, -0.2) is 59.7 Å². The SMILES string of the molecule is C=CCCC#CO[C@H]1[C@@H](O)[C@@H](CO)O[C@@H](OC)[C@@H]1O. The number of methoxy groups -OCH3 is 1. The Morgan fingerprint density at radius 3 is 2.68 bits per heavy atom. The molecule has 5 atom stereocenters. The van der Waals surface area contributed by atoms with E-state index in [9.17, 15) is 10.2 Å². The second kappa shape index (κ2) is 8.15. The highest BCUT2D eigenvalue weighted by atomic mass is 16.7. The molecule has 6 nitrogen and oxygen atoms in total. The first-order valence-electron chi connectivity index (χ1n) is 6.05. The third kappa shape index (κ3) is 4.20. The number of allylic oxidation sites excluding steroid dienone is 1. The van der Waals surface area contributed by atoms with Gasteiger partial charge in [-0.1, -0.05) is 12.0 Å². The summed E-state index contributed by atoms with van der Waals surface area (Å²) in [6, 6.07) is 0. The van der Waals surface area contributed by atoms with E-state index in [1.807, 2.05) is 0 Å². The van der Waals surface area contributed by atoms with Gasteiger partial charge in [0.05, 0.1) is 6.61 Å². The Morgan fingerprint density at radius 2 is 2.11 bits per heavy atom. The average molecular weight is 272 g/mol. The Labute approximate surface area is 112 Å². The Balaban J connectivity index is 2.64. The normalized spacial score (nSPS) is 34.2. The van der Waals surface area contributed by atoms with E-state index in [0.717, 1.165) is 6.42 Å². The fraction of sp³-hybridized carbons (Fsp3) is 0.692. The summed E-state index contributed by atoms with van der Waals surface area (Å²) in [5.74, 6) is 2.73. The maximum Gasteiger partial charge on any atom is 0.187 e. The number of ether oxygens (including phenoxy) is 3. The fourth-order valence-electron chi connectivity index (χ4n) is 1.72. The van der Waals surface area contributed by atoms with Gasteiger partial charge in [-0.05, 0) is 6.42 Å². The molecule has 19 heavy (non-hydrogen) atoms. The lowest BCUT2D eigenvalue weighted by atomic mass is 9.99. The lowest BCUT2D eigenvalue weighted by Crippen LogP contribution is -2.59. The van der Waals surface area contributed by atoms with Crippen LogP contribution < -0.4 is 0 Å². The highest BCUT2D eigenvalue weighted by Crippen LogP contribution is 2.23. The average Bonchev–Trinajstić information content (AvgIpc) is 2.42. The molecule has 1 aliphatic heterocycles. The zero-order valence-corrected chi connectivity index (χ0v) is 10.9. The third-order valence-corrected chi connectivity index (χ3v) is 2.79. The van der Waals surface area contributed by atoms with E-state index in [2.05, 4.69) is 18.6 Å². The van der Waals surface area contributed by atoms with Crippen molar-refractivity contribution < 1.29 is 29.5 Å². The van der Waals surface area contributed by atoms with Gasteiger partial charge < -0.3 is 29.5 Å². The van der Waals surface area contributed by atoms with Crippen molar-refractivity contribution >= 4 is 0 Å². The van der Waals surface area contributed by atoms with Crippen LogP contribution in [0.5, 0.6) is 0 Å². The van der Waals surface area contributed by atoms with Crippen LogP contribution >= 0.6 is 0 Å². The van der Waals surface area contributed by atoms with E-state index in [4.69, 9.17) is 19.3 Å². The first kappa shape index (κ1) is 16.0. The van der Waals surface area contributed by atoms with Crippen molar-refractivity contribution in [3.05, 3.63) is 12.7 Å². The van der Waals surface area contributed by atoms with E-state index in [-0.39, 0.29) is 0 Å². The number of aliphatic hydroxyl groups excluding tert-OH is 3. The standard InChI is InChI=1S/C13H20O6/c1-3-4-5-6-7-18-12-10(15)9(8-14)19-13(17-2)11(12)16/h3,9-16H,1,4-5,8H2,2H3/t9-,10+,11-,12+,13-/m1/s1. The molecule has 1 rings (SSSR count). The van der Waals surface area contributed by atoms with Gasteiger partial charge in [0.25, 0.3) is 0 Å². The molecule has 1 aliphatic rings. The second-order valence-corrected chi connectivity index (χ2v) is 4.13. The molecule has 0 bridgehead atoms. The zero-order valence-electron chi connectivity index (χ0n) is 10.9. The largest absolute Gasteiger partial charge is 0.437 e. The van der Waals surface area contributed by atoms with Crippen LogP contribution in [0.4, 0.5) is 0 Å². The molecule has 3 N–H and O–H groups in total. The zero-order chi connectivity index (χ0) is 14.3. The molecule has 0 unspecified atom stereocenters. The van der Waals surface area contributed by atoms with Crippen LogP contribution in [0.15, 0.2) is 12.7 Å². The molecule has 0 aliphatic carbocycles. The predicted octanol–water partition coefficient (Wildman–Crippen LogP) is -0.616. The molecular weight excluding hydrogens is 252 g/mol. The minimum absolute atomic E-state index is 0.405. The van der Waals surface area contributed by atoms with Crippen molar-refractivity contribution in [1.29, 1.82) is 0 Å².